The van der Waals surface area contributed by atoms with Crippen LogP contribution in [0.15, 0.2) is 30.5 Å². The van der Waals surface area contributed by atoms with Crippen molar-refractivity contribution in [1.29, 1.82) is 0 Å². The molecule has 0 bridgehead atoms. The number of ether oxygens (including phenoxy) is 1. The van der Waals surface area contributed by atoms with Crippen molar-refractivity contribution >= 4 is 17.0 Å². The van der Waals surface area contributed by atoms with Crippen LogP contribution in [0, 0.1) is 0 Å². The van der Waals surface area contributed by atoms with E-state index in [-0.39, 0.29) is 5.95 Å². The molecule has 0 radical (unpaired) electrons. The zero-order valence-corrected chi connectivity index (χ0v) is 11.8. The molecule has 0 unspecified atom stereocenters. The third-order valence-electron chi connectivity index (χ3n) is 3.17. The number of nitrogens with one attached hydrogen (secondary N) is 2. The third-order valence-corrected chi connectivity index (χ3v) is 3.17. The maximum absolute atomic E-state index is 5.82. The molecule has 0 atom stereocenters. The van der Waals surface area contributed by atoms with Crippen molar-refractivity contribution in [2.24, 2.45) is 5.84 Å². The Balaban J connectivity index is 1.95. The van der Waals surface area contributed by atoms with Crippen LogP contribution in [0.2, 0.25) is 0 Å². The van der Waals surface area contributed by atoms with Crippen LogP contribution in [-0.2, 0) is 0 Å². The van der Waals surface area contributed by atoms with Crippen molar-refractivity contribution in [2.75, 3.05) is 5.43 Å². The number of benzene rings is 1. The third kappa shape index (κ3) is 2.63. The minimum Gasteiger partial charge on any atom is -0.438 e. The number of nitrogen functional groups attached to an aromatic ring is 1. The number of aromatic nitrogens is 4. The van der Waals surface area contributed by atoms with Crippen LogP contribution < -0.4 is 16.0 Å². The highest BCUT2D eigenvalue weighted by atomic mass is 16.5. The standard InChI is InChI=1S/C14H16N6O/c1-8(2)9-3-5-10(6-4-9)21-13-11-7-16-20-12(11)17-14(18-13)19-15/h3-8H,15H2,1-2H3,(H2,16,17,18,19,20). The molecule has 0 fully saturated rings. The van der Waals surface area contributed by atoms with Gasteiger partial charge in [0.1, 0.15) is 11.1 Å². The van der Waals surface area contributed by atoms with E-state index in [1.54, 1.807) is 6.20 Å². The van der Waals surface area contributed by atoms with Crippen LogP contribution in [0.3, 0.4) is 0 Å². The predicted molar refractivity (Wildman–Crippen MR) is 80.1 cm³/mol. The van der Waals surface area contributed by atoms with E-state index >= 15 is 0 Å². The van der Waals surface area contributed by atoms with Gasteiger partial charge in [0.15, 0.2) is 5.65 Å². The molecule has 0 aliphatic rings. The number of nitrogens with zero attached hydrogens (tertiary/aromatic N) is 3. The Kier molecular flexibility index (Phi) is 3.41. The van der Waals surface area contributed by atoms with Crippen LogP contribution in [0.25, 0.3) is 11.0 Å². The molecule has 108 valence electrons. The van der Waals surface area contributed by atoms with Gasteiger partial charge in [-0.05, 0) is 23.6 Å². The monoisotopic (exact) mass is 284 g/mol. The SMILES string of the molecule is CC(C)c1ccc(Oc2nc(NN)nc3[nH]ncc23)cc1. The lowest BCUT2D eigenvalue weighted by Gasteiger charge is -2.09. The predicted octanol–water partition coefficient (Wildman–Crippen LogP) is 2.55. The number of rotatable bonds is 4. The number of nitrogens with two attached hydrogens (primary N) is 1. The fourth-order valence-corrected chi connectivity index (χ4v) is 1.98. The second kappa shape index (κ2) is 5.37. The van der Waals surface area contributed by atoms with Crippen molar-refractivity contribution in [3.63, 3.8) is 0 Å². The minimum absolute atomic E-state index is 0.264. The molecular weight excluding hydrogens is 268 g/mol. The molecule has 4 N–H and O–H groups in total. The van der Waals surface area contributed by atoms with Crippen molar-refractivity contribution in [2.45, 2.75) is 19.8 Å². The summed E-state index contributed by atoms with van der Waals surface area (Å²) in [5, 5.41) is 7.40. The van der Waals surface area contributed by atoms with Crippen LogP contribution in [0.4, 0.5) is 5.95 Å². The molecule has 0 saturated heterocycles. The van der Waals surface area contributed by atoms with Gasteiger partial charge >= 0.3 is 0 Å². The van der Waals surface area contributed by atoms with Gasteiger partial charge < -0.3 is 4.74 Å². The summed E-state index contributed by atoms with van der Waals surface area (Å²) in [6, 6.07) is 7.91. The lowest BCUT2D eigenvalue weighted by atomic mass is 10.0. The number of aromatic amines is 1. The van der Waals surface area contributed by atoms with E-state index < -0.39 is 0 Å². The zero-order chi connectivity index (χ0) is 14.8. The summed E-state index contributed by atoms with van der Waals surface area (Å²) < 4.78 is 5.82. The molecule has 1 aromatic carbocycles. The van der Waals surface area contributed by atoms with Gasteiger partial charge in [-0.2, -0.15) is 15.1 Å². The van der Waals surface area contributed by atoms with E-state index in [1.165, 1.54) is 5.56 Å². The van der Waals surface area contributed by atoms with Crippen molar-refractivity contribution in [1.82, 2.24) is 20.2 Å². The summed E-state index contributed by atoms with van der Waals surface area (Å²) in [7, 11) is 0. The highest BCUT2D eigenvalue weighted by molar-refractivity contribution is 5.80. The summed E-state index contributed by atoms with van der Waals surface area (Å²) in [6.45, 7) is 4.29. The van der Waals surface area contributed by atoms with Crippen LogP contribution >= 0.6 is 0 Å². The summed E-state index contributed by atoms with van der Waals surface area (Å²) >= 11 is 0. The van der Waals surface area contributed by atoms with Gasteiger partial charge in [-0.15, -0.1) is 0 Å². The van der Waals surface area contributed by atoms with Crippen molar-refractivity contribution in [3.8, 4) is 11.6 Å². The Labute approximate surface area is 121 Å². The van der Waals surface area contributed by atoms with Crippen LogP contribution in [-0.4, -0.2) is 20.2 Å². The Morgan fingerprint density at radius 3 is 2.62 bits per heavy atom. The van der Waals surface area contributed by atoms with E-state index in [0.29, 0.717) is 28.6 Å². The first kappa shape index (κ1) is 13.3. The Bertz CT molecular complexity index is 750. The topological polar surface area (TPSA) is 102 Å². The Hall–Kier alpha value is -2.67. The molecule has 0 saturated carbocycles. The fourth-order valence-electron chi connectivity index (χ4n) is 1.98. The van der Waals surface area contributed by atoms with Gasteiger partial charge in [0.05, 0.1) is 6.20 Å². The molecule has 0 spiro atoms. The number of hydrogen-bond acceptors (Lipinski definition) is 6. The number of hydrazine groups is 1. The van der Waals surface area contributed by atoms with Gasteiger partial charge in [0, 0.05) is 0 Å². The quantitative estimate of drug-likeness (QED) is 0.502. The maximum Gasteiger partial charge on any atom is 0.242 e. The molecule has 0 aliphatic heterocycles. The van der Waals surface area contributed by atoms with E-state index in [9.17, 15) is 0 Å². The van der Waals surface area contributed by atoms with E-state index in [2.05, 4.69) is 39.4 Å². The number of fused-ring (bicyclic) bond motifs is 1. The highest BCUT2D eigenvalue weighted by Gasteiger charge is 2.11. The Morgan fingerprint density at radius 2 is 1.95 bits per heavy atom. The second-order valence-corrected chi connectivity index (χ2v) is 4.95. The van der Waals surface area contributed by atoms with Gasteiger partial charge in [-0.1, -0.05) is 26.0 Å². The average molecular weight is 284 g/mol. The zero-order valence-electron chi connectivity index (χ0n) is 11.8. The first-order valence-electron chi connectivity index (χ1n) is 6.63. The van der Waals surface area contributed by atoms with E-state index in [1.807, 2.05) is 24.3 Å². The van der Waals surface area contributed by atoms with Gasteiger partial charge in [0.25, 0.3) is 0 Å². The van der Waals surface area contributed by atoms with Crippen LogP contribution in [0.1, 0.15) is 25.3 Å². The molecule has 3 rings (SSSR count). The molecule has 7 heteroatoms. The normalized spacial score (nSPS) is 11.0. The number of anilines is 1. The van der Waals surface area contributed by atoms with Gasteiger partial charge in [0.2, 0.25) is 11.8 Å². The van der Waals surface area contributed by atoms with Crippen molar-refractivity contribution in [3.05, 3.63) is 36.0 Å². The van der Waals surface area contributed by atoms with E-state index in [4.69, 9.17) is 10.6 Å². The first-order chi connectivity index (χ1) is 10.2. The largest absolute Gasteiger partial charge is 0.438 e. The molecule has 3 aromatic rings. The highest BCUT2D eigenvalue weighted by Crippen LogP contribution is 2.28. The number of H-pyrrole nitrogens is 1. The second-order valence-electron chi connectivity index (χ2n) is 4.95. The lowest BCUT2D eigenvalue weighted by molar-refractivity contribution is 0.468. The Morgan fingerprint density at radius 1 is 1.19 bits per heavy atom. The summed E-state index contributed by atoms with van der Waals surface area (Å²) in [4.78, 5) is 8.36. The smallest absolute Gasteiger partial charge is 0.242 e. The first-order valence-corrected chi connectivity index (χ1v) is 6.63. The van der Waals surface area contributed by atoms with Crippen molar-refractivity contribution < 1.29 is 4.74 Å². The number of hydrogen-bond donors (Lipinski definition) is 3. The molecule has 2 heterocycles. The van der Waals surface area contributed by atoms with Crippen LogP contribution in [0.5, 0.6) is 11.6 Å². The molecular formula is C14H16N6O. The molecule has 21 heavy (non-hydrogen) atoms. The molecule has 2 aromatic heterocycles. The maximum atomic E-state index is 5.82. The summed E-state index contributed by atoms with van der Waals surface area (Å²) in [6.07, 6.45) is 1.62. The molecule has 7 nitrogen and oxygen atoms in total. The summed E-state index contributed by atoms with van der Waals surface area (Å²) in [5.41, 5.74) is 4.22. The van der Waals surface area contributed by atoms with Gasteiger partial charge in [-0.25, -0.2) is 5.84 Å². The average Bonchev–Trinajstić information content (AvgIpc) is 2.96. The summed E-state index contributed by atoms with van der Waals surface area (Å²) in [5.74, 6) is 7.20. The molecule has 0 aliphatic carbocycles. The van der Waals surface area contributed by atoms with E-state index in [0.717, 1.165) is 0 Å². The lowest BCUT2D eigenvalue weighted by Crippen LogP contribution is -2.10. The molecule has 0 amide bonds. The minimum atomic E-state index is 0.264. The fraction of sp³-hybridized carbons (Fsp3) is 0.214. The van der Waals surface area contributed by atoms with Gasteiger partial charge in [-0.3, -0.25) is 10.5 Å².